The molecule has 0 atom stereocenters. The van der Waals surface area contributed by atoms with Crippen LogP contribution in [-0.2, 0) is 5.41 Å². The van der Waals surface area contributed by atoms with Crippen molar-refractivity contribution in [3.05, 3.63) is 41.6 Å². The van der Waals surface area contributed by atoms with Crippen LogP contribution >= 0.6 is 0 Å². The normalized spacial score (nSPS) is 17.8. The van der Waals surface area contributed by atoms with Gasteiger partial charge in [0, 0.05) is 47.9 Å². The Morgan fingerprint density at radius 2 is 2.17 bits per heavy atom. The zero-order valence-corrected chi connectivity index (χ0v) is 12.9. The van der Waals surface area contributed by atoms with Crippen molar-refractivity contribution in [2.75, 3.05) is 18.9 Å². The van der Waals surface area contributed by atoms with Gasteiger partial charge in [-0.25, -0.2) is 4.98 Å². The molecule has 2 aliphatic rings. The average Bonchev–Trinajstić information content (AvgIpc) is 3.11. The number of hydrogen-bond acceptors (Lipinski definition) is 4. The summed E-state index contributed by atoms with van der Waals surface area (Å²) < 4.78 is 0. The van der Waals surface area contributed by atoms with Crippen LogP contribution in [0.2, 0.25) is 0 Å². The number of fused-ring (bicyclic) bond motifs is 3. The van der Waals surface area contributed by atoms with Gasteiger partial charge in [0.15, 0.2) is 0 Å². The van der Waals surface area contributed by atoms with Crippen molar-refractivity contribution in [2.24, 2.45) is 4.99 Å². The molecule has 3 aromatic rings. The van der Waals surface area contributed by atoms with Crippen molar-refractivity contribution < 1.29 is 0 Å². The first-order valence-corrected chi connectivity index (χ1v) is 7.94. The SMILES string of the molecule is CN=Cc1ccc2[nH]nc(-c3cnc4c(c3)C3(CC3)CN4)c2c1. The Morgan fingerprint density at radius 3 is 3.00 bits per heavy atom. The maximum Gasteiger partial charge on any atom is 0.129 e. The topological polar surface area (TPSA) is 66.0 Å². The first-order chi connectivity index (χ1) is 11.3. The number of pyridine rings is 1. The second-order valence-corrected chi connectivity index (χ2v) is 6.52. The average molecular weight is 303 g/mol. The third-order valence-electron chi connectivity index (χ3n) is 5.05. The zero-order valence-electron chi connectivity index (χ0n) is 12.9. The van der Waals surface area contributed by atoms with Crippen molar-refractivity contribution in [3.63, 3.8) is 0 Å². The fraction of sp³-hybridized carbons (Fsp3) is 0.278. The Hall–Kier alpha value is -2.69. The van der Waals surface area contributed by atoms with Gasteiger partial charge in [-0.1, -0.05) is 6.07 Å². The van der Waals surface area contributed by atoms with E-state index in [0.717, 1.165) is 40.1 Å². The van der Waals surface area contributed by atoms with E-state index in [1.807, 2.05) is 24.5 Å². The first kappa shape index (κ1) is 12.8. The number of nitrogens with one attached hydrogen (secondary N) is 2. The molecule has 1 aromatic carbocycles. The largest absolute Gasteiger partial charge is 0.369 e. The second-order valence-electron chi connectivity index (χ2n) is 6.52. The number of rotatable bonds is 2. The summed E-state index contributed by atoms with van der Waals surface area (Å²) in [7, 11) is 1.78. The molecule has 2 aromatic heterocycles. The fourth-order valence-corrected chi connectivity index (χ4v) is 3.57. The number of nitrogens with zero attached hydrogens (tertiary/aromatic N) is 3. The standard InChI is InChI=1S/C18H17N5/c1-19-8-11-2-3-15-13(6-11)16(23-22-15)12-7-14-17(20-9-12)21-10-18(14)4-5-18/h2-3,6-9H,4-5,10H2,1H3,(H,20,21)(H,22,23). The van der Waals surface area contributed by atoms with Gasteiger partial charge in [0.2, 0.25) is 0 Å². The van der Waals surface area contributed by atoms with Crippen LogP contribution in [0.15, 0.2) is 35.5 Å². The summed E-state index contributed by atoms with van der Waals surface area (Å²) in [6.45, 7) is 1.03. The lowest BCUT2D eigenvalue weighted by molar-refractivity contribution is 0.778. The third kappa shape index (κ3) is 1.82. The van der Waals surface area contributed by atoms with Gasteiger partial charge in [-0.3, -0.25) is 10.1 Å². The van der Waals surface area contributed by atoms with Gasteiger partial charge in [0.1, 0.15) is 11.5 Å². The molecule has 1 spiro atoms. The highest BCUT2D eigenvalue weighted by molar-refractivity contribution is 5.97. The van der Waals surface area contributed by atoms with Crippen molar-refractivity contribution >= 4 is 22.9 Å². The minimum Gasteiger partial charge on any atom is -0.369 e. The van der Waals surface area contributed by atoms with E-state index >= 15 is 0 Å². The number of benzene rings is 1. The molecule has 3 heterocycles. The molecule has 0 unspecified atom stereocenters. The van der Waals surface area contributed by atoms with Crippen LogP contribution in [0.1, 0.15) is 24.0 Å². The van der Waals surface area contributed by atoms with Crippen LogP contribution < -0.4 is 5.32 Å². The number of anilines is 1. The predicted molar refractivity (Wildman–Crippen MR) is 92.2 cm³/mol. The number of hydrogen-bond donors (Lipinski definition) is 2. The molecule has 5 nitrogen and oxygen atoms in total. The molecule has 114 valence electrons. The van der Waals surface area contributed by atoms with Crippen LogP contribution in [0, 0.1) is 0 Å². The van der Waals surface area contributed by atoms with Gasteiger partial charge < -0.3 is 5.32 Å². The number of H-pyrrole nitrogens is 1. The summed E-state index contributed by atoms with van der Waals surface area (Å²) in [6.07, 6.45) is 6.30. The highest BCUT2D eigenvalue weighted by Gasteiger charge is 2.49. The molecular weight excluding hydrogens is 286 g/mol. The van der Waals surface area contributed by atoms with Crippen molar-refractivity contribution in [1.29, 1.82) is 0 Å². The van der Waals surface area contributed by atoms with Gasteiger partial charge in [-0.15, -0.1) is 0 Å². The van der Waals surface area contributed by atoms with Gasteiger partial charge in [0.25, 0.3) is 0 Å². The Labute approximate surface area is 133 Å². The fourth-order valence-electron chi connectivity index (χ4n) is 3.57. The minimum atomic E-state index is 0.338. The molecule has 0 amide bonds. The maximum atomic E-state index is 4.63. The van der Waals surface area contributed by atoms with Gasteiger partial charge >= 0.3 is 0 Å². The Morgan fingerprint density at radius 1 is 1.26 bits per heavy atom. The van der Waals surface area contributed by atoms with E-state index in [2.05, 4.69) is 37.6 Å². The summed E-state index contributed by atoms with van der Waals surface area (Å²) >= 11 is 0. The third-order valence-corrected chi connectivity index (χ3v) is 5.05. The molecule has 5 heteroatoms. The van der Waals surface area contributed by atoms with Gasteiger partial charge in [0.05, 0.1) is 5.52 Å². The second kappa shape index (κ2) is 4.41. The molecule has 1 fully saturated rings. The lowest BCUT2D eigenvalue weighted by atomic mass is 9.97. The minimum absolute atomic E-state index is 0.338. The Bertz CT molecular complexity index is 949. The van der Waals surface area contributed by atoms with E-state index in [1.165, 1.54) is 18.4 Å². The molecule has 23 heavy (non-hydrogen) atoms. The number of aromatic nitrogens is 3. The molecule has 0 radical (unpaired) electrons. The van der Waals surface area contributed by atoms with E-state index < -0.39 is 0 Å². The molecule has 5 rings (SSSR count). The van der Waals surface area contributed by atoms with Crippen LogP contribution in [0.3, 0.4) is 0 Å². The molecular formula is C18H17N5. The van der Waals surface area contributed by atoms with Crippen molar-refractivity contribution in [2.45, 2.75) is 18.3 Å². The Balaban J connectivity index is 1.67. The van der Waals surface area contributed by atoms with E-state index in [9.17, 15) is 0 Å². The lowest BCUT2D eigenvalue weighted by Gasteiger charge is -2.07. The van der Waals surface area contributed by atoms with Crippen molar-refractivity contribution in [1.82, 2.24) is 15.2 Å². The van der Waals surface area contributed by atoms with Crippen molar-refractivity contribution in [3.8, 4) is 11.3 Å². The first-order valence-electron chi connectivity index (χ1n) is 7.94. The van der Waals surface area contributed by atoms with Crippen LogP contribution in [0.5, 0.6) is 0 Å². The molecule has 1 saturated carbocycles. The van der Waals surface area contributed by atoms with Gasteiger partial charge in [-0.2, -0.15) is 5.10 Å². The molecule has 0 bridgehead atoms. The quantitative estimate of drug-likeness (QED) is 0.715. The summed E-state index contributed by atoms with van der Waals surface area (Å²) in [4.78, 5) is 8.72. The summed E-state index contributed by atoms with van der Waals surface area (Å²) in [6, 6.07) is 8.49. The van der Waals surface area contributed by atoms with Crippen LogP contribution in [-0.4, -0.2) is 35.0 Å². The van der Waals surface area contributed by atoms with Gasteiger partial charge in [-0.05, 0) is 36.6 Å². The summed E-state index contributed by atoms with van der Waals surface area (Å²) in [5.41, 5.74) is 5.85. The molecule has 1 aliphatic heterocycles. The molecule has 0 saturated heterocycles. The van der Waals surface area contributed by atoms with E-state index in [0.29, 0.717) is 5.41 Å². The predicted octanol–water partition coefficient (Wildman–Crippen LogP) is 3.13. The monoisotopic (exact) mass is 303 g/mol. The highest BCUT2D eigenvalue weighted by atomic mass is 15.1. The molecule has 2 N–H and O–H groups in total. The smallest absolute Gasteiger partial charge is 0.129 e. The highest BCUT2D eigenvalue weighted by Crippen LogP contribution is 2.54. The maximum absolute atomic E-state index is 4.63. The lowest BCUT2D eigenvalue weighted by Crippen LogP contribution is -2.08. The number of aromatic amines is 1. The Kier molecular flexibility index (Phi) is 2.46. The molecule has 1 aliphatic carbocycles. The van der Waals surface area contributed by atoms with Crippen LogP contribution in [0.25, 0.3) is 22.2 Å². The number of aliphatic imine (C=N–C) groups is 1. The van der Waals surface area contributed by atoms with Crippen LogP contribution in [0.4, 0.5) is 5.82 Å². The van der Waals surface area contributed by atoms with E-state index in [4.69, 9.17) is 0 Å². The van der Waals surface area contributed by atoms with E-state index in [1.54, 1.807) is 7.05 Å². The summed E-state index contributed by atoms with van der Waals surface area (Å²) in [5, 5.41) is 12.2. The summed E-state index contributed by atoms with van der Waals surface area (Å²) in [5.74, 6) is 1.05. The zero-order chi connectivity index (χ0) is 15.4. The van der Waals surface area contributed by atoms with E-state index in [-0.39, 0.29) is 0 Å².